The molecule has 3 heteroatoms. The molecule has 1 aliphatic heterocycles. The highest BCUT2D eigenvalue weighted by molar-refractivity contribution is 5.94. The molecule has 0 saturated carbocycles. The molecule has 0 aromatic heterocycles. The molecule has 0 N–H and O–H groups in total. The van der Waals surface area contributed by atoms with Gasteiger partial charge in [-0.2, -0.15) is 0 Å². The minimum absolute atomic E-state index is 0.110. The maximum atomic E-state index is 12.2. The topological polar surface area (TPSA) is 29.5 Å². The van der Waals surface area contributed by atoms with E-state index in [4.69, 9.17) is 4.74 Å². The molecule has 1 heterocycles. The van der Waals surface area contributed by atoms with E-state index >= 15 is 0 Å². The van der Waals surface area contributed by atoms with Crippen molar-refractivity contribution >= 4 is 5.91 Å². The second-order valence-electron chi connectivity index (χ2n) is 4.30. The normalized spacial score (nSPS) is 20.9. The first-order valence-corrected chi connectivity index (χ1v) is 5.64. The highest BCUT2D eigenvalue weighted by Gasteiger charge is 2.22. The molecule has 0 radical (unpaired) electrons. The zero-order chi connectivity index (χ0) is 11.5. The Balaban J connectivity index is 2.12. The van der Waals surface area contributed by atoms with Crippen LogP contribution in [0.15, 0.2) is 24.3 Å². The molecule has 1 aromatic rings. The summed E-state index contributed by atoms with van der Waals surface area (Å²) in [4.78, 5) is 14.0. The van der Waals surface area contributed by atoms with E-state index in [0.29, 0.717) is 19.7 Å². The summed E-state index contributed by atoms with van der Waals surface area (Å²) >= 11 is 0. The third kappa shape index (κ3) is 2.42. The lowest BCUT2D eigenvalue weighted by Crippen LogP contribution is -2.44. The van der Waals surface area contributed by atoms with Crippen molar-refractivity contribution in [2.45, 2.75) is 20.0 Å². The monoisotopic (exact) mass is 219 g/mol. The van der Waals surface area contributed by atoms with E-state index in [9.17, 15) is 4.79 Å². The fourth-order valence-electron chi connectivity index (χ4n) is 1.96. The highest BCUT2D eigenvalue weighted by Crippen LogP contribution is 2.11. The van der Waals surface area contributed by atoms with Gasteiger partial charge >= 0.3 is 0 Å². The number of aryl methyl sites for hydroxylation is 1. The lowest BCUT2D eigenvalue weighted by molar-refractivity contribution is -0.0124. The number of hydrogen-bond donors (Lipinski definition) is 0. The van der Waals surface area contributed by atoms with E-state index in [-0.39, 0.29) is 12.0 Å². The summed E-state index contributed by atoms with van der Waals surface area (Å²) in [6, 6.07) is 7.73. The highest BCUT2D eigenvalue weighted by atomic mass is 16.5. The van der Waals surface area contributed by atoms with Crippen LogP contribution in [0.5, 0.6) is 0 Å². The fraction of sp³-hybridized carbons (Fsp3) is 0.462. The Labute approximate surface area is 96.0 Å². The predicted octanol–water partition coefficient (Wildman–Crippen LogP) is 1.86. The summed E-state index contributed by atoms with van der Waals surface area (Å²) in [5.74, 6) is 0.110. The Kier molecular flexibility index (Phi) is 3.25. The maximum Gasteiger partial charge on any atom is 0.254 e. The largest absolute Gasteiger partial charge is 0.375 e. The second-order valence-corrected chi connectivity index (χ2v) is 4.30. The first-order valence-electron chi connectivity index (χ1n) is 5.64. The Morgan fingerprint density at radius 1 is 1.50 bits per heavy atom. The fourth-order valence-corrected chi connectivity index (χ4v) is 1.96. The molecule has 0 bridgehead atoms. The Morgan fingerprint density at radius 2 is 2.31 bits per heavy atom. The number of carbonyl (C=O) groups excluding carboxylic acids is 1. The van der Waals surface area contributed by atoms with Gasteiger partial charge in [0.2, 0.25) is 0 Å². The number of morpholine rings is 1. The number of nitrogens with zero attached hydrogens (tertiary/aromatic N) is 1. The first-order chi connectivity index (χ1) is 7.66. The SMILES string of the molecule is Cc1cccc(C(=O)N2CCO[C@H](C)C2)c1. The molecule has 3 nitrogen and oxygen atoms in total. The van der Waals surface area contributed by atoms with Gasteiger partial charge in [-0.1, -0.05) is 17.7 Å². The second kappa shape index (κ2) is 4.66. The van der Waals surface area contributed by atoms with E-state index in [1.165, 1.54) is 0 Å². The summed E-state index contributed by atoms with van der Waals surface area (Å²) in [6.07, 6.45) is 0.141. The molecular weight excluding hydrogens is 202 g/mol. The van der Waals surface area contributed by atoms with E-state index in [1.807, 2.05) is 43.0 Å². The minimum atomic E-state index is 0.110. The van der Waals surface area contributed by atoms with E-state index < -0.39 is 0 Å². The van der Waals surface area contributed by atoms with Crippen molar-refractivity contribution in [3.05, 3.63) is 35.4 Å². The van der Waals surface area contributed by atoms with E-state index in [0.717, 1.165) is 11.1 Å². The van der Waals surface area contributed by atoms with Crippen molar-refractivity contribution in [3.8, 4) is 0 Å². The lowest BCUT2D eigenvalue weighted by atomic mass is 10.1. The van der Waals surface area contributed by atoms with Gasteiger partial charge in [-0.15, -0.1) is 0 Å². The van der Waals surface area contributed by atoms with Gasteiger partial charge in [-0.3, -0.25) is 4.79 Å². The van der Waals surface area contributed by atoms with Crippen LogP contribution in [0.3, 0.4) is 0 Å². The molecule has 1 fully saturated rings. The van der Waals surface area contributed by atoms with Crippen molar-refractivity contribution in [2.75, 3.05) is 19.7 Å². The van der Waals surface area contributed by atoms with Gasteiger partial charge in [0.15, 0.2) is 0 Å². The molecule has 86 valence electrons. The van der Waals surface area contributed by atoms with Crippen molar-refractivity contribution in [1.29, 1.82) is 0 Å². The minimum Gasteiger partial charge on any atom is -0.375 e. The number of benzene rings is 1. The number of carbonyl (C=O) groups is 1. The third-order valence-corrected chi connectivity index (χ3v) is 2.79. The summed E-state index contributed by atoms with van der Waals surface area (Å²) in [5, 5.41) is 0. The van der Waals surface area contributed by atoms with Crippen molar-refractivity contribution in [2.24, 2.45) is 0 Å². The van der Waals surface area contributed by atoms with Crippen molar-refractivity contribution in [3.63, 3.8) is 0 Å². The maximum absolute atomic E-state index is 12.2. The van der Waals surface area contributed by atoms with Crippen LogP contribution in [0.1, 0.15) is 22.8 Å². The van der Waals surface area contributed by atoms with E-state index in [1.54, 1.807) is 0 Å². The van der Waals surface area contributed by atoms with Crippen LogP contribution in [0.2, 0.25) is 0 Å². The standard InChI is InChI=1S/C13H17NO2/c1-10-4-3-5-12(8-10)13(15)14-6-7-16-11(2)9-14/h3-5,8,11H,6-7,9H2,1-2H3/t11-/m1/s1. The summed E-state index contributed by atoms with van der Waals surface area (Å²) < 4.78 is 5.42. The average Bonchev–Trinajstić information content (AvgIpc) is 2.28. The quantitative estimate of drug-likeness (QED) is 0.721. The van der Waals surface area contributed by atoms with Crippen LogP contribution in [0, 0.1) is 6.92 Å². The molecular formula is C13H17NO2. The van der Waals surface area contributed by atoms with Gasteiger partial charge in [-0.25, -0.2) is 0 Å². The summed E-state index contributed by atoms with van der Waals surface area (Å²) in [5.41, 5.74) is 1.89. The van der Waals surface area contributed by atoms with Crippen molar-refractivity contribution in [1.82, 2.24) is 4.90 Å². The van der Waals surface area contributed by atoms with Crippen LogP contribution in [-0.2, 0) is 4.74 Å². The molecule has 0 spiro atoms. The molecule has 16 heavy (non-hydrogen) atoms. The molecule has 1 amide bonds. The number of hydrogen-bond acceptors (Lipinski definition) is 2. The Hall–Kier alpha value is -1.35. The van der Waals surface area contributed by atoms with Gasteiger partial charge in [0.1, 0.15) is 0 Å². The van der Waals surface area contributed by atoms with Gasteiger partial charge in [0, 0.05) is 18.7 Å². The van der Waals surface area contributed by atoms with Gasteiger partial charge in [0.25, 0.3) is 5.91 Å². The predicted molar refractivity (Wildman–Crippen MR) is 62.5 cm³/mol. The number of rotatable bonds is 1. The number of ether oxygens (including phenoxy) is 1. The van der Waals surface area contributed by atoms with Gasteiger partial charge in [-0.05, 0) is 26.0 Å². The van der Waals surface area contributed by atoms with Crippen LogP contribution in [0.4, 0.5) is 0 Å². The van der Waals surface area contributed by atoms with Gasteiger partial charge < -0.3 is 9.64 Å². The van der Waals surface area contributed by atoms with Gasteiger partial charge in [0.05, 0.1) is 12.7 Å². The Morgan fingerprint density at radius 3 is 3.00 bits per heavy atom. The van der Waals surface area contributed by atoms with Crippen molar-refractivity contribution < 1.29 is 9.53 Å². The molecule has 1 atom stereocenters. The molecule has 1 aliphatic rings. The van der Waals surface area contributed by atoms with Crippen LogP contribution in [-0.4, -0.2) is 36.6 Å². The average molecular weight is 219 g/mol. The molecule has 1 aromatic carbocycles. The zero-order valence-corrected chi connectivity index (χ0v) is 9.77. The summed E-state index contributed by atoms with van der Waals surface area (Å²) in [6.45, 7) is 6.01. The van der Waals surface area contributed by atoms with E-state index in [2.05, 4.69) is 0 Å². The van der Waals surface area contributed by atoms with Crippen LogP contribution >= 0.6 is 0 Å². The zero-order valence-electron chi connectivity index (χ0n) is 9.77. The number of amides is 1. The lowest BCUT2D eigenvalue weighted by Gasteiger charge is -2.31. The molecule has 1 saturated heterocycles. The Bertz CT molecular complexity index is 389. The molecule has 0 aliphatic carbocycles. The summed E-state index contributed by atoms with van der Waals surface area (Å²) in [7, 11) is 0. The molecule has 0 unspecified atom stereocenters. The van der Waals surface area contributed by atoms with Crippen LogP contribution < -0.4 is 0 Å². The first kappa shape index (κ1) is 11.1. The third-order valence-electron chi connectivity index (χ3n) is 2.79. The molecule has 2 rings (SSSR count). The smallest absolute Gasteiger partial charge is 0.254 e. The van der Waals surface area contributed by atoms with Crippen LogP contribution in [0.25, 0.3) is 0 Å².